The molecule has 0 saturated heterocycles. The third kappa shape index (κ3) is 8.13. The summed E-state index contributed by atoms with van der Waals surface area (Å²) in [6.07, 6.45) is 3.72. The predicted molar refractivity (Wildman–Crippen MR) is 206 cm³/mol. The number of benzene rings is 2. The molecule has 2 heterocycles. The molecule has 0 fully saturated rings. The zero-order chi connectivity index (χ0) is 40.0. The van der Waals surface area contributed by atoms with E-state index in [2.05, 4.69) is 5.32 Å². The first kappa shape index (κ1) is 41.1. The molecule has 0 bridgehead atoms. The molecule has 2 aliphatic heterocycles. The van der Waals surface area contributed by atoms with Crippen LogP contribution in [0.3, 0.4) is 0 Å². The summed E-state index contributed by atoms with van der Waals surface area (Å²) in [4.78, 5) is 41.7. The molecule has 0 aromatic heterocycles. The van der Waals surface area contributed by atoms with E-state index in [0.717, 1.165) is 0 Å². The van der Waals surface area contributed by atoms with E-state index in [1.54, 1.807) is 6.07 Å². The number of aliphatic imine (C=N–C) groups is 1. The van der Waals surface area contributed by atoms with Crippen LogP contribution in [0, 0.1) is 0 Å². The van der Waals surface area contributed by atoms with Crippen LogP contribution in [0.1, 0.15) is 103 Å². The Labute approximate surface area is 320 Å². The third-order valence-electron chi connectivity index (χ3n) is 10.4. The van der Waals surface area contributed by atoms with Gasteiger partial charge in [0.1, 0.15) is 0 Å². The van der Waals surface area contributed by atoms with Crippen molar-refractivity contribution in [1.29, 1.82) is 0 Å². The Morgan fingerprint density at radius 1 is 0.722 bits per heavy atom. The molecule has 3 aliphatic rings. The molecule has 1 aliphatic carbocycles. The summed E-state index contributed by atoms with van der Waals surface area (Å²) in [6, 6.07) is 8.36. The maximum absolute atomic E-state index is 14.6. The lowest BCUT2D eigenvalue weighted by Gasteiger charge is -2.33. The summed E-state index contributed by atoms with van der Waals surface area (Å²) in [5.74, 6) is -2.14. The monoisotopic (exact) mass is 800 g/mol. The number of Topliss-reactive ketones (excluding diaryl/α,β-unsaturated/α-hetero) is 1. The highest BCUT2D eigenvalue weighted by molar-refractivity contribution is 7.86. The van der Waals surface area contributed by atoms with Gasteiger partial charge in [0.2, 0.25) is 0 Å². The molecule has 2 aromatic rings. The fourth-order valence-corrected chi connectivity index (χ4v) is 8.99. The number of fused-ring (bicyclic) bond motifs is 2. The topological polar surface area (TPSA) is 225 Å². The highest BCUT2D eigenvalue weighted by Crippen LogP contribution is 2.52. The van der Waals surface area contributed by atoms with Crippen molar-refractivity contribution in [3.63, 3.8) is 0 Å². The van der Waals surface area contributed by atoms with Crippen molar-refractivity contribution in [3.8, 4) is 0 Å². The van der Waals surface area contributed by atoms with E-state index >= 15 is 0 Å². The van der Waals surface area contributed by atoms with Gasteiger partial charge in [-0.05, 0) is 97.2 Å². The number of carboxylic acids is 2. The van der Waals surface area contributed by atoms with Crippen LogP contribution >= 0.6 is 12.6 Å². The van der Waals surface area contributed by atoms with Crippen molar-refractivity contribution < 1.29 is 50.5 Å². The number of hydrogen-bond acceptors (Lipinski definition) is 10. The molecule has 0 atom stereocenters. The molecule has 13 nitrogen and oxygen atoms in total. The third-order valence-corrected chi connectivity index (χ3v) is 12.5. The summed E-state index contributed by atoms with van der Waals surface area (Å²) in [7, 11) is -9.02. The minimum absolute atomic E-state index is 0.00628. The lowest BCUT2D eigenvalue weighted by molar-refractivity contribution is -0.138. The zero-order valence-corrected chi connectivity index (χ0v) is 32.9. The van der Waals surface area contributed by atoms with Gasteiger partial charge in [-0.25, -0.2) is 0 Å². The first-order chi connectivity index (χ1) is 25.1. The normalized spacial score (nSPS) is 19.1. The van der Waals surface area contributed by atoms with Crippen LogP contribution in [0.25, 0.3) is 0 Å². The van der Waals surface area contributed by atoms with E-state index in [4.69, 9.17) is 27.8 Å². The van der Waals surface area contributed by atoms with Gasteiger partial charge in [0.05, 0.1) is 21.2 Å². The van der Waals surface area contributed by atoms with Crippen LogP contribution in [0.5, 0.6) is 0 Å². The summed E-state index contributed by atoms with van der Waals surface area (Å²) in [5.41, 5.74) is 3.48. The number of aliphatic carboxylic acids is 2. The number of nitrogens with one attached hydrogen (secondary N) is 1. The van der Waals surface area contributed by atoms with Crippen molar-refractivity contribution in [1.82, 2.24) is 0 Å². The molecule has 290 valence electrons. The molecular formula is C38H44N2O11S3. The molecule has 2 aromatic carbocycles. The number of carboxylic acid groups (broad SMARTS) is 2. The number of unbranched alkanes of at least 4 members (excludes halogenated alkanes) is 4. The molecule has 0 amide bonds. The molecule has 5 N–H and O–H groups in total. The summed E-state index contributed by atoms with van der Waals surface area (Å²) in [6.45, 7) is 7.43. The summed E-state index contributed by atoms with van der Waals surface area (Å²) >= 11 is 4.93. The van der Waals surface area contributed by atoms with Crippen molar-refractivity contribution in [2.24, 2.45) is 4.99 Å². The summed E-state index contributed by atoms with van der Waals surface area (Å²) in [5, 5.41) is 21.7. The van der Waals surface area contributed by atoms with Crippen LogP contribution in [0.15, 0.2) is 84.1 Å². The molecule has 54 heavy (non-hydrogen) atoms. The zero-order valence-electron chi connectivity index (χ0n) is 30.4. The number of carbonyl (C=O) groups is 3. The van der Waals surface area contributed by atoms with E-state index in [-0.39, 0.29) is 28.4 Å². The Hall–Kier alpha value is -4.09. The maximum atomic E-state index is 14.6. The predicted octanol–water partition coefficient (Wildman–Crippen LogP) is 7.33. The number of allylic oxidation sites excluding steroid dienone is 5. The Balaban J connectivity index is 1.64. The maximum Gasteiger partial charge on any atom is 0.303 e. The lowest BCUT2D eigenvalue weighted by atomic mass is 9.71. The number of thiol groups is 1. The van der Waals surface area contributed by atoms with Gasteiger partial charge in [0.25, 0.3) is 20.2 Å². The minimum atomic E-state index is -4.51. The first-order valence-electron chi connectivity index (χ1n) is 17.6. The van der Waals surface area contributed by atoms with Crippen LogP contribution in [0.2, 0.25) is 0 Å². The number of hydrogen-bond donors (Lipinski definition) is 6. The van der Waals surface area contributed by atoms with E-state index < -0.39 is 43.0 Å². The fraction of sp³-hybridized carbons (Fsp3) is 0.421. The van der Waals surface area contributed by atoms with Gasteiger partial charge in [0.15, 0.2) is 5.78 Å². The largest absolute Gasteiger partial charge is 0.481 e. The molecule has 0 saturated carbocycles. The number of nitrogens with zero attached hydrogens (tertiary/aromatic N) is 1. The number of rotatable bonds is 16. The van der Waals surface area contributed by atoms with E-state index in [0.29, 0.717) is 112 Å². The Bertz CT molecular complexity index is 2300. The van der Waals surface area contributed by atoms with Crippen molar-refractivity contribution in [2.75, 3.05) is 5.32 Å². The highest BCUT2D eigenvalue weighted by atomic mass is 32.2. The molecule has 0 radical (unpaired) electrons. The first-order valence-corrected chi connectivity index (χ1v) is 20.9. The fourth-order valence-electron chi connectivity index (χ4n) is 7.50. The second-order valence-corrected chi connectivity index (χ2v) is 18.1. The van der Waals surface area contributed by atoms with E-state index in [9.17, 15) is 40.3 Å². The highest BCUT2D eigenvalue weighted by Gasteiger charge is 2.45. The van der Waals surface area contributed by atoms with Gasteiger partial charge in [-0.1, -0.05) is 40.5 Å². The molecule has 5 rings (SSSR count). The van der Waals surface area contributed by atoms with Crippen LogP contribution in [-0.2, 0) is 45.4 Å². The van der Waals surface area contributed by atoms with Gasteiger partial charge in [-0.15, -0.1) is 12.6 Å². The summed E-state index contributed by atoms with van der Waals surface area (Å²) < 4.78 is 67.6. The van der Waals surface area contributed by atoms with E-state index in [1.165, 1.54) is 30.3 Å². The quantitative estimate of drug-likeness (QED) is 0.0425. The molecular weight excluding hydrogens is 757 g/mol. The lowest BCUT2D eigenvalue weighted by Crippen LogP contribution is -2.33. The Morgan fingerprint density at radius 3 is 1.74 bits per heavy atom. The second kappa shape index (κ2) is 15.2. The number of ketones is 1. The van der Waals surface area contributed by atoms with Crippen LogP contribution in [0.4, 0.5) is 11.4 Å². The number of carbonyl (C=O) groups excluding carboxylic acids is 1. The van der Waals surface area contributed by atoms with Gasteiger partial charge >= 0.3 is 11.9 Å². The minimum Gasteiger partial charge on any atom is -0.481 e. The van der Waals surface area contributed by atoms with Crippen LogP contribution < -0.4 is 5.32 Å². The Kier molecular flexibility index (Phi) is 11.6. The van der Waals surface area contributed by atoms with Crippen molar-refractivity contribution in [2.45, 2.75) is 113 Å². The van der Waals surface area contributed by atoms with Gasteiger partial charge < -0.3 is 15.5 Å². The SMILES string of the molecule is CC1(C)C(C(CCCCCC(=O)O)=C2C(=O)C(C(CCCCCC(=O)O)=C3Nc4ccc(S(=O)(=O)O)cc4C3(C)C)=C2S)=Nc2ccc(S(=O)(=O)O)cc21. The average Bonchev–Trinajstić information content (AvgIpc) is 3.49. The van der Waals surface area contributed by atoms with Gasteiger partial charge in [-0.2, -0.15) is 16.8 Å². The van der Waals surface area contributed by atoms with Crippen molar-refractivity contribution in [3.05, 3.63) is 80.4 Å². The smallest absolute Gasteiger partial charge is 0.303 e. The Morgan fingerprint density at radius 2 is 1.22 bits per heavy atom. The van der Waals surface area contributed by atoms with Gasteiger partial charge in [0, 0.05) is 51.1 Å². The molecule has 0 spiro atoms. The van der Waals surface area contributed by atoms with Crippen molar-refractivity contribution >= 4 is 67.7 Å². The molecule has 16 heteroatoms. The van der Waals surface area contributed by atoms with Gasteiger partial charge in [-0.3, -0.25) is 28.5 Å². The second-order valence-electron chi connectivity index (χ2n) is 14.8. The standard InChI is InChI=1S/C38H44N2O11S3/c1-37(2)25-19-21(53(46,47)48)15-17-27(25)39-35(37)23(11-7-5-9-13-29(41)42)31-33(45)32(34(31)52)24(12-8-6-10-14-30(43)44)36-38(3,4)26-20-22(54(49,50)51)16-18-28(26)40-36/h15-20,39,52H,5-14H2,1-4H3,(H,41,42)(H,43,44)(H,46,47,48)(H,49,50,51). The van der Waals surface area contributed by atoms with E-state index in [1.807, 2.05) is 27.7 Å². The van der Waals surface area contributed by atoms with Crippen LogP contribution in [-0.4, -0.2) is 59.6 Å². The molecule has 0 unspecified atom stereocenters. The number of anilines is 1. The average molecular weight is 801 g/mol.